The molecule has 0 aliphatic heterocycles. The summed E-state index contributed by atoms with van der Waals surface area (Å²) in [5.74, 6) is 3.07. The summed E-state index contributed by atoms with van der Waals surface area (Å²) < 4.78 is 6.94. The zero-order valence-corrected chi connectivity index (χ0v) is 34.8. The summed E-state index contributed by atoms with van der Waals surface area (Å²) in [5.41, 5.74) is 1.84. The van der Waals surface area contributed by atoms with Crippen LogP contribution in [0.25, 0.3) is 22.4 Å². The van der Waals surface area contributed by atoms with E-state index in [-0.39, 0.29) is 17.1 Å². The molecule has 0 N–H and O–H groups in total. The van der Waals surface area contributed by atoms with Gasteiger partial charge in [0, 0.05) is 0 Å². The maximum Gasteiger partial charge on any atom is 2.00 e. The summed E-state index contributed by atoms with van der Waals surface area (Å²) in [6.45, 7) is 1.90. The van der Waals surface area contributed by atoms with Gasteiger partial charge in [-0.25, -0.2) is 0 Å². The van der Waals surface area contributed by atoms with Gasteiger partial charge in [0.1, 0.15) is 47.7 Å². The van der Waals surface area contributed by atoms with Crippen molar-refractivity contribution in [3.05, 3.63) is 230 Å². The topological polar surface area (TPSA) is 71.4 Å². The summed E-state index contributed by atoms with van der Waals surface area (Å²) in [4.78, 5) is 4.36. The van der Waals surface area contributed by atoms with E-state index in [2.05, 4.69) is 185 Å². The molecule has 8 heteroatoms. The van der Waals surface area contributed by atoms with Crippen LogP contribution in [0.5, 0.6) is 11.5 Å². The molecule has 0 atom stereocenters. The van der Waals surface area contributed by atoms with Crippen LogP contribution in [0.4, 0.5) is 0 Å². The van der Waals surface area contributed by atoms with E-state index < -0.39 is 15.8 Å². The predicted octanol–water partition coefficient (Wildman–Crippen LogP) is 9.16. The van der Waals surface area contributed by atoms with Gasteiger partial charge in [0.15, 0.2) is 11.5 Å². The van der Waals surface area contributed by atoms with Gasteiger partial charge in [-0.1, -0.05) is 151 Å². The normalized spacial score (nSPS) is 11.1. The summed E-state index contributed by atoms with van der Waals surface area (Å²) >= 11 is 0. The van der Waals surface area contributed by atoms with Crippen molar-refractivity contribution < 1.29 is 21.8 Å². The summed E-state index contributed by atoms with van der Waals surface area (Å²) in [7, 11) is -2.56. The second-order valence-electron chi connectivity index (χ2n) is 13.0. The molecule has 1 heterocycles. The molecular weight excluding hydrogens is 798 g/mol. The molecule has 0 aliphatic rings. The van der Waals surface area contributed by atoms with Crippen molar-refractivity contribution in [1.29, 1.82) is 0 Å². The monoisotopic (exact) mass is 839 g/mol. The Morgan fingerprint density at radius 3 is 1.31 bits per heavy atom. The molecule has 8 rings (SSSR count). The van der Waals surface area contributed by atoms with Crippen LogP contribution in [0.2, 0.25) is 0 Å². The summed E-state index contributed by atoms with van der Waals surface area (Å²) in [6.07, 6.45) is 6.04. The molecular formula is C50H42CuN4OP2+2. The van der Waals surface area contributed by atoms with E-state index in [1.54, 1.807) is 6.08 Å². The summed E-state index contributed by atoms with van der Waals surface area (Å²) in [6, 6.07) is 70.3. The van der Waals surface area contributed by atoms with Crippen molar-refractivity contribution in [2.45, 2.75) is 6.92 Å². The van der Waals surface area contributed by atoms with Gasteiger partial charge in [-0.05, 0) is 91.1 Å². The number of aromatic nitrogens is 3. The first-order valence-corrected chi connectivity index (χ1v) is 21.8. The van der Waals surface area contributed by atoms with E-state index in [0.717, 1.165) is 28.9 Å². The number of allylic oxidation sites excluding steroid dienone is 4. The molecule has 8 aromatic rings. The van der Waals surface area contributed by atoms with E-state index in [4.69, 9.17) is 10.1 Å². The molecule has 5 nitrogen and oxygen atoms in total. The van der Waals surface area contributed by atoms with E-state index in [1.807, 2.05) is 43.3 Å². The van der Waals surface area contributed by atoms with Crippen LogP contribution in [-0.2, 0) is 17.1 Å². The maximum absolute atomic E-state index is 8.52. The molecule has 1 aromatic heterocycles. The molecule has 1 radical (unpaired) electrons. The van der Waals surface area contributed by atoms with Gasteiger partial charge in [-0.15, -0.1) is 0 Å². The van der Waals surface area contributed by atoms with Gasteiger partial charge < -0.3 is 20.2 Å². The zero-order chi connectivity index (χ0) is 39.1. The van der Waals surface area contributed by atoms with Gasteiger partial charge in [0.2, 0.25) is 0 Å². The first-order chi connectivity index (χ1) is 28.2. The molecule has 287 valence electrons. The second kappa shape index (κ2) is 21.5. The first-order valence-electron chi connectivity index (χ1n) is 18.8. The molecule has 0 saturated heterocycles. The first kappa shape index (κ1) is 41.6. The van der Waals surface area contributed by atoms with Crippen molar-refractivity contribution >= 4 is 59.5 Å². The van der Waals surface area contributed by atoms with E-state index in [1.165, 1.54) is 37.9 Å². The van der Waals surface area contributed by atoms with Crippen molar-refractivity contribution in [2.24, 2.45) is 0 Å². The molecule has 7 aromatic carbocycles. The Labute approximate surface area is 354 Å². The quantitative estimate of drug-likeness (QED) is 0.0533. The van der Waals surface area contributed by atoms with Crippen LogP contribution < -0.4 is 41.7 Å². The average Bonchev–Trinajstić information content (AvgIpc) is 3.78. The third kappa shape index (κ3) is 10.7. The van der Waals surface area contributed by atoms with Gasteiger partial charge >= 0.3 is 17.1 Å². The minimum Gasteiger partial charge on any atom is -0.811 e. The number of nitrogens with zero attached hydrogens (tertiary/aromatic N) is 4. The van der Waals surface area contributed by atoms with Gasteiger partial charge in [-0.2, -0.15) is 6.21 Å². The van der Waals surface area contributed by atoms with E-state index in [0.29, 0.717) is 11.6 Å². The number of rotatable bonds is 12. The SMILES string of the molecule is C/C(=C\C=C/C=[N-])c1nc(-c2ccccc2)n[n-]1.[Cu+2].c1ccc([PH+](c2ccccc2)c2ccccc2Oc2ccccc2[PH+](c2ccccc2)c2ccccc2)cc1. The smallest absolute Gasteiger partial charge is 0.811 e. The minimum atomic E-state index is -1.28. The fourth-order valence-electron chi connectivity index (χ4n) is 6.46. The number of hydrogen-bond acceptors (Lipinski definition) is 3. The Hall–Kier alpha value is -5.99. The molecule has 0 bridgehead atoms. The average molecular weight is 840 g/mol. The van der Waals surface area contributed by atoms with Crippen LogP contribution in [0.1, 0.15) is 12.7 Å². The molecule has 0 unspecified atom stereocenters. The van der Waals surface area contributed by atoms with Crippen LogP contribution >= 0.6 is 15.8 Å². The second-order valence-corrected chi connectivity index (χ2v) is 17.9. The minimum absolute atomic E-state index is 0. The molecule has 0 spiro atoms. The zero-order valence-electron chi connectivity index (χ0n) is 31.9. The van der Waals surface area contributed by atoms with Crippen molar-refractivity contribution in [3.63, 3.8) is 0 Å². The van der Waals surface area contributed by atoms with E-state index >= 15 is 0 Å². The number of benzene rings is 7. The van der Waals surface area contributed by atoms with Crippen LogP contribution in [-0.4, -0.2) is 16.3 Å². The Morgan fingerprint density at radius 1 is 0.517 bits per heavy atom. The fraction of sp³-hybridized carbons (Fsp3) is 0.0200. The van der Waals surface area contributed by atoms with Gasteiger partial charge in [-0.3, -0.25) is 5.10 Å². The Bertz CT molecular complexity index is 2330. The summed E-state index contributed by atoms with van der Waals surface area (Å²) in [5, 5.41) is 24.5. The Kier molecular flexibility index (Phi) is 15.4. The number of para-hydroxylation sites is 2. The molecule has 0 amide bonds. The molecule has 58 heavy (non-hydrogen) atoms. The van der Waals surface area contributed by atoms with Gasteiger partial charge in [0.05, 0.1) is 5.82 Å². The van der Waals surface area contributed by atoms with Gasteiger partial charge in [0.25, 0.3) is 0 Å². The number of ether oxygens (including phenoxy) is 1. The largest absolute Gasteiger partial charge is 2.00 e. The predicted molar refractivity (Wildman–Crippen MR) is 246 cm³/mol. The maximum atomic E-state index is 8.52. The Morgan fingerprint density at radius 2 is 0.897 bits per heavy atom. The van der Waals surface area contributed by atoms with Crippen LogP contribution in [0.15, 0.2) is 218 Å². The third-order valence-electron chi connectivity index (χ3n) is 9.16. The Balaban J connectivity index is 0.000000251. The van der Waals surface area contributed by atoms with Crippen molar-refractivity contribution in [1.82, 2.24) is 15.2 Å². The fourth-order valence-corrected chi connectivity index (χ4v) is 11.8. The van der Waals surface area contributed by atoms with E-state index in [9.17, 15) is 0 Å². The van der Waals surface area contributed by atoms with Crippen LogP contribution in [0, 0.1) is 0 Å². The molecule has 0 aliphatic carbocycles. The standard InChI is InChI=1S/C36H28OP2.C14H12N4.Cu/c1-5-17-29(18-6-1)38(30-19-7-2-8-20-30)35-27-15-13-25-33(35)37-34-26-14-16-28-36(34)39(31-21-9-3-10-22-31)32-23-11-4-12-24-32;1-11(7-5-6-10-15)13-16-14(18-17-13)12-8-3-2-4-9-12;/h1-28H;2-10H,1H3;/q;-2;+2/p+2/b;6-5-,11-7+;. The third-order valence-corrected chi connectivity index (χ3v) is 14.7. The van der Waals surface area contributed by atoms with Crippen molar-refractivity contribution in [2.75, 3.05) is 0 Å². The molecule has 0 saturated carbocycles. The van der Waals surface area contributed by atoms with Crippen molar-refractivity contribution in [3.8, 4) is 22.9 Å². The van der Waals surface area contributed by atoms with Crippen LogP contribution in [0.3, 0.4) is 0 Å². The molecule has 0 fully saturated rings. The number of hydrogen-bond donors (Lipinski definition) is 0.